The van der Waals surface area contributed by atoms with Crippen LogP contribution in [0, 0.1) is 11.8 Å². The van der Waals surface area contributed by atoms with Crippen molar-refractivity contribution in [1.29, 1.82) is 0 Å². The number of nitrogens with two attached hydrogens (primary N) is 1. The summed E-state index contributed by atoms with van der Waals surface area (Å²) in [6.07, 6.45) is 1.61. The van der Waals surface area contributed by atoms with Crippen LogP contribution in [0.4, 0.5) is 5.69 Å². The van der Waals surface area contributed by atoms with E-state index in [2.05, 4.69) is 19.2 Å². The summed E-state index contributed by atoms with van der Waals surface area (Å²) in [5.74, 6) is 0.880. The Morgan fingerprint density at radius 1 is 1.43 bits per heavy atom. The number of nitrogens with one attached hydrogen (secondary N) is 1. The Morgan fingerprint density at radius 2 is 2.09 bits per heavy atom. The molecule has 0 aliphatic carbocycles. The van der Waals surface area contributed by atoms with Gasteiger partial charge in [-0.05, 0) is 30.7 Å². The molecule has 0 radical (unpaired) electrons. The highest BCUT2D eigenvalue weighted by molar-refractivity contribution is 6.33. The highest BCUT2D eigenvalue weighted by atomic mass is 35.5. The lowest BCUT2D eigenvalue weighted by molar-refractivity contribution is 0.0938. The Kier molecular flexibility index (Phi) is 10.0. The average molecular weight is 365 g/mol. The van der Waals surface area contributed by atoms with Gasteiger partial charge in [-0.3, -0.25) is 4.79 Å². The van der Waals surface area contributed by atoms with E-state index < -0.39 is 0 Å². The summed E-state index contributed by atoms with van der Waals surface area (Å²) in [6.45, 7) is 4.86. The molecule has 7 heteroatoms. The molecule has 1 amide bonds. The first-order valence-corrected chi connectivity index (χ1v) is 7.78. The molecular weight excluding hydrogens is 339 g/mol. The molecule has 0 bridgehead atoms. The van der Waals surface area contributed by atoms with Gasteiger partial charge in [-0.25, -0.2) is 0 Å². The van der Waals surface area contributed by atoms with Crippen molar-refractivity contribution in [3.63, 3.8) is 0 Å². The molecular formula is C16H26Cl2N2O3. The molecule has 0 aliphatic heterocycles. The van der Waals surface area contributed by atoms with Gasteiger partial charge in [0.05, 0.1) is 23.4 Å². The summed E-state index contributed by atoms with van der Waals surface area (Å²) in [5.41, 5.74) is 6.43. The van der Waals surface area contributed by atoms with Gasteiger partial charge in [-0.2, -0.15) is 0 Å². The molecule has 0 saturated heterocycles. The van der Waals surface area contributed by atoms with Crippen LogP contribution in [0.1, 0.15) is 37.0 Å². The fraction of sp³-hybridized carbons (Fsp3) is 0.562. The maximum atomic E-state index is 12.3. The number of aliphatic hydroxyl groups excluding tert-OH is 1. The number of hydrogen-bond donors (Lipinski definition) is 3. The molecule has 1 unspecified atom stereocenters. The number of carbonyl (C=O) groups is 1. The maximum absolute atomic E-state index is 12.3. The third-order valence-electron chi connectivity index (χ3n) is 3.46. The molecule has 0 spiro atoms. The normalized spacial score (nSPS) is 11.7. The lowest BCUT2D eigenvalue weighted by Gasteiger charge is -2.19. The summed E-state index contributed by atoms with van der Waals surface area (Å²) in [7, 11) is 1.48. The molecule has 23 heavy (non-hydrogen) atoms. The van der Waals surface area contributed by atoms with Crippen molar-refractivity contribution in [3.8, 4) is 5.75 Å². The number of anilines is 1. The largest absolute Gasteiger partial charge is 0.496 e. The van der Waals surface area contributed by atoms with Crippen molar-refractivity contribution >= 4 is 35.6 Å². The number of halogens is 2. The minimum atomic E-state index is -0.259. The number of carbonyl (C=O) groups excluding carboxylic acids is 1. The molecule has 1 aromatic carbocycles. The topological polar surface area (TPSA) is 84.6 Å². The summed E-state index contributed by atoms with van der Waals surface area (Å²) in [6, 6.07) is 3.05. The SMILES string of the molecule is COc1cc(N)c(Cl)cc1C(=O)NCC(CCO)CC(C)C.Cl. The Morgan fingerprint density at radius 3 is 2.61 bits per heavy atom. The summed E-state index contributed by atoms with van der Waals surface area (Å²) in [4.78, 5) is 12.3. The summed E-state index contributed by atoms with van der Waals surface area (Å²) in [5, 5.41) is 12.3. The van der Waals surface area contributed by atoms with Gasteiger partial charge < -0.3 is 20.9 Å². The van der Waals surface area contributed by atoms with E-state index in [1.165, 1.54) is 19.2 Å². The quantitative estimate of drug-likeness (QED) is 0.618. The Bertz CT molecular complexity index is 510. The number of ether oxygens (including phenoxy) is 1. The number of aliphatic hydroxyl groups is 1. The predicted molar refractivity (Wildman–Crippen MR) is 96.6 cm³/mol. The molecule has 5 nitrogen and oxygen atoms in total. The van der Waals surface area contributed by atoms with E-state index in [0.717, 1.165) is 6.42 Å². The van der Waals surface area contributed by atoms with Gasteiger partial charge in [0.2, 0.25) is 0 Å². The number of hydrogen-bond acceptors (Lipinski definition) is 4. The fourth-order valence-corrected chi connectivity index (χ4v) is 2.56. The third-order valence-corrected chi connectivity index (χ3v) is 3.78. The summed E-state index contributed by atoms with van der Waals surface area (Å²) < 4.78 is 5.18. The smallest absolute Gasteiger partial charge is 0.255 e. The van der Waals surface area contributed by atoms with Crippen LogP contribution in [-0.4, -0.2) is 31.3 Å². The average Bonchev–Trinajstić information content (AvgIpc) is 2.46. The van der Waals surface area contributed by atoms with Gasteiger partial charge in [0.1, 0.15) is 5.75 Å². The van der Waals surface area contributed by atoms with E-state index in [1.54, 1.807) is 0 Å². The van der Waals surface area contributed by atoms with E-state index in [0.29, 0.717) is 40.9 Å². The Labute approximate surface area is 148 Å². The molecule has 132 valence electrons. The zero-order chi connectivity index (χ0) is 16.7. The van der Waals surface area contributed by atoms with E-state index in [4.69, 9.17) is 27.2 Å². The number of nitrogen functional groups attached to an aromatic ring is 1. The van der Waals surface area contributed by atoms with Crippen molar-refractivity contribution in [2.45, 2.75) is 26.7 Å². The van der Waals surface area contributed by atoms with Crippen LogP contribution in [0.5, 0.6) is 5.75 Å². The van der Waals surface area contributed by atoms with Crippen LogP contribution in [0.3, 0.4) is 0 Å². The number of amides is 1. The van der Waals surface area contributed by atoms with Gasteiger partial charge in [0.15, 0.2) is 0 Å². The van der Waals surface area contributed by atoms with Crippen LogP contribution in [0.25, 0.3) is 0 Å². The molecule has 0 fully saturated rings. The van der Waals surface area contributed by atoms with Crippen molar-refractivity contribution < 1.29 is 14.6 Å². The van der Waals surface area contributed by atoms with Gasteiger partial charge in [0, 0.05) is 19.2 Å². The minimum Gasteiger partial charge on any atom is -0.496 e. The molecule has 1 aromatic rings. The fourth-order valence-electron chi connectivity index (χ4n) is 2.40. The molecule has 0 aromatic heterocycles. The zero-order valence-corrected chi connectivity index (χ0v) is 15.3. The van der Waals surface area contributed by atoms with Crippen LogP contribution in [-0.2, 0) is 0 Å². The van der Waals surface area contributed by atoms with E-state index in [-0.39, 0.29) is 30.8 Å². The third kappa shape index (κ3) is 6.85. The highest BCUT2D eigenvalue weighted by Crippen LogP contribution is 2.28. The number of methoxy groups -OCH3 is 1. The van der Waals surface area contributed by atoms with Gasteiger partial charge >= 0.3 is 0 Å². The van der Waals surface area contributed by atoms with Crippen molar-refractivity contribution in [1.82, 2.24) is 5.32 Å². The maximum Gasteiger partial charge on any atom is 0.255 e. The van der Waals surface area contributed by atoms with Crippen LogP contribution >= 0.6 is 24.0 Å². The monoisotopic (exact) mass is 364 g/mol. The lowest BCUT2D eigenvalue weighted by Crippen LogP contribution is -2.30. The van der Waals surface area contributed by atoms with Crippen LogP contribution in [0.15, 0.2) is 12.1 Å². The van der Waals surface area contributed by atoms with E-state index in [1.807, 2.05) is 0 Å². The first-order chi connectivity index (χ1) is 10.4. The van der Waals surface area contributed by atoms with E-state index in [9.17, 15) is 4.79 Å². The molecule has 4 N–H and O–H groups in total. The van der Waals surface area contributed by atoms with Gasteiger partial charge in [-0.1, -0.05) is 25.4 Å². The molecule has 0 aliphatic rings. The van der Waals surface area contributed by atoms with Crippen molar-refractivity contribution in [2.75, 3.05) is 26.0 Å². The first kappa shape index (κ1) is 21.8. The zero-order valence-electron chi connectivity index (χ0n) is 13.8. The standard InChI is InChI=1S/C16H25ClN2O3.ClH/c1-10(2)6-11(4-5-20)9-19-16(21)12-7-13(17)14(18)8-15(12)22-3;/h7-8,10-11,20H,4-6,9,18H2,1-3H3,(H,19,21);1H. The Balaban J connectivity index is 0.00000484. The van der Waals surface area contributed by atoms with Gasteiger partial charge in [-0.15, -0.1) is 12.4 Å². The Hall–Kier alpha value is -1.17. The summed E-state index contributed by atoms with van der Waals surface area (Å²) >= 11 is 5.97. The lowest BCUT2D eigenvalue weighted by atomic mass is 9.94. The van der Waals surface area contributed by atoms with Crippen molar-refractivity contribution in [3.05, 3.63) is 22.7 Å². The second-order valence-electron chi connectivity index (χ2n) is 5.79. The number of benzene rings is 1. The van der Waals surface area contributed by atoms with Gasteiger partial charge in [0.25, 0.3) is 5.91 Å². The van der Waals surface area contributed by atoms with Crippen LogP contribution < -0.4 is 15.8 Å². The predicted octanol–water partition coefficient (Wildman–Crippen LogP) is 3.13. The van der Waals surface area contributed by atoms with E-state index >= 15 is 0 Å². The second-order valence-corrected chi connectivity index (χ2v) is 6.20. The molecule has 1 rings (SSSR count). The second kappa shape index (κ2) is 10.6. The van der Waals surface area contributed by atoms with Crippen LogP contribution in [0.2, 0.25) is 5.02 Å². The first-order valence-electron chi connectivity index (χ1n) is 7.41. The molecule has 0 saturated carbocycles. The minimum absolute atomic E-state index is 0. The number of rotatable bonds is 8. The highest BCUT2D eigenvalue weighted by Gasteiger charge is 2.17. The molecule has 1 atom stereocenters. The van der Waals surface area contributed by atoms with Crippen molar-refractivity contribution in [2.24, 2.45) is 11.8 Å². The molecule has 0 heterocycles.